The zero-order valence-electron chi connectivity index (χ0n) is 20.1. The van der Waals surface area contributed by atoms with Gasteiger partial charge in [-0.05, 0) is 93.1 Å². The van der Waals surface area contributed by atoms with E-state index in [1.807, 2.05) is 36.5 Å². The van der Waals surface area contributed by atoms with Crippen LogP contribution in [0.3, 0.4) is 0 Å². The van der Waals surface area contributed by atoms with Crippen molar-refractivity contribution in [3.63, 3.8) is 0 Å². The molecule has 180 valence electrons. The highest BCUT2D eigenvalue weighted by atomic mass is 16.3. The first kappa shape index (κ1) is 22.9. The monoisotopic (exact) mass is 452 g/mol. The lowest BCUT2D eigenvalue weighted by Crippen LogP contribution is -2.62. The SMILES string of the molecule is C[C@]12CC[C@H](O)C[C@H]1CC[C@@H]1[C@@H]2CC[C@]2(C)[C@@H](/C=N/NC(=N)Nc3ccccc3)CC[C@]12O. The van der Waals surface area contributed by atoms with Crippen molar-refractivity contribution >= 4 is 17.9 Å². The van der Waals surface area contributed by atoms with Gasteiger partial charge in [-0.2, -0.15) is 5.10 Å². The zero-order chi connectivity index (χ0) is 23.3. The number of hydrazone groups is 1. The van der Waals surface area contributed by atoms with Crippen LogP contribution in [0.4, 0.5) is 5.69 Å². The van der Waals surface area contributed by atoms with Gasteiger partial charge in [0.05, 0.1) is 11.7 Å². The summed E-state index contributed by atoms with van der Waals surface area (Å²) in [7, 11) is 0. The van der Waals surface area contributed by atoms with Gasteiger partial charge in [-0.3, -0.25) is 5.41 Å². The van der Waals surface area contributed by atoms with E-state index in [1.54, 1.807) is 0 Å². The second kappa shape index (κ2) is 8.38. The van der Waals surface area contributed by atoms with E-state index in [0.717, 1.165) is 63.5 Å². The summed E-state index contributed by atoms with van der Waals surface area (Å²) in [6, 6.07) is 9.64. The fourth-order valence-electron chi connectivity index (χ4n) is 8.37. The van der Waals surface area contributed by atoms with Crippen LogP contribution in [0.25, 0.3) is 0 Å². The minimum atomic E-state index is -0.646. The fraction of sp³-hybridized carbons (Fsp3) is 0.704. The molecular formula is C27H40N4O2. The van der Waals surface area contributed by atoms with Crippen molar-refractivity contribution in [3.8, 4) is 0 Å². The van der Waals surface area contributed by atoms with Crippen LogP contribution >= 0.6 is 0 Å². The first-order valence-electron chi connectivity index (χ1n) is 12.9. The van der Waals surface area contributed by atoms with E-state index in [0.29, 0.717) is 17.8 Å². The number of rotatable bonds is 3. The number of aliphatic hydroxyl groups excluding tert-OH is 1. The molecule has 1 aromatic rings. The highest BCUT2D eigenvalue weighted by Gasteiger charge is 2.66. The maximum absolute atomic E-state index is 12.2. The van der Waals surface area contributed by atoms with Crippen LogP contribution in [0.15, 0.2) is 35.4 Å². The Morgan fingerprint density at radius 3 is 2.61 bits per heavy atom. The average Bonchev–Trinajstić information content (AvgIpc) is 3.06. The van der Waals surface area contributed by atoms with Crippen molar-refractivity contribution in [1.82, 2.24) is 5.43 Å². The van der Waals surface area contributed by atoms with Crippen LogP contribution in [-0.2, 0) is 0 Å². The van der Waals surface area contributed by atoms with Crippen LogP contribution in [-0.4, -0.2) is 34.1 Å². The van der Waals surface area contributed by atoms with Gasteiger partial charge < -0.3 is 15.5 Å². The van der Waals surface area contributed by atoms with E-state index in [4.69, 9.17) is 5.41 Å². The predicted molar refractivity (Wildman–Crippen MR) is 132 cm³/mol. The molecule has 0 aromatic heterocycles. The lowest BCUT2D eigenvalue weighted by molar-refractivity contribution is -0.206. The highest BCUT2D eigenvalue weighted by molar-refractivity contribution is 5.91. The summed E-state index contributed by atoms with van der Waals surface area (Å²) in [6.45, 7) is 4.73. The average molecular weight is 453 g/mol. The molecule has 4 aliphatic carbocycles. The van der Waals surface area contributed by atoms with Crippen LogP contribution < -0.4 is 10.7 Å². The quantitative estimate of drug-likeness (QED) is 0.260. The molecule has 0 aliphatic heterocycles. The van der Waals surface area contributed by atoms with Crippen molar-refractivity contribution in [2.45, 2.75) is 83.3 Å². The summed E-state index contributed by atoms with van der Waals surface area (Å²) in [5, 5.41) is 38.0. The van der Waals surface area contributed by atoms with Crippen LogP contribution in [0.2, 0.25) is 0 Å². The van der Waals surface area contributed by atoms with Crippen LogP contribution in [0, 0.1) is 39.9 Å². The van der Waals surface area contributed by atoms with Gasteiger partial charge in [-0.1, -0.05) is 32.0 Å². The van der Waals surface area contributed by atoms with Gasteiger partial charge in [0, 0.05) is 23.2 Å². The molecule has 4 aliphatic rings. The Bertz CT molecular complexity index is 907. The van der Waals surface area contributed by atoms with Gasteiger partial charge in [0.2, 0.25) is 5.96 Å². The Morgan fingerprint density at radius 1 is 1.03 bits per heavy atom. The number of fused-ring (bicyclic) bond motifs is 5. The molecule has 0 heterocycles. The summed E-state index contributed by atoms with van der Waals surface area (Å²) < 4.78 is 0. The van der Waals surface area contributed by atoms with E-state index < -0.39 is 5.60 Å². The third-order valence-corrected chi connectivity index (χ3v) is 10.4. The Morgan fingerprint density at radius 2 is 1.82 bits per heavy atom. The van der Waals surface area contributed by atoms with Crippen molar-refractivity contribution in [3.05, 3.63) is 30.3 Å². The van der Waals surface area contributed by atoms with E-state index in [2.05, 4.69) is 29.7 Å². The van der Waals surface area contributed by atoms with Gasteiger partial charge in [-0.25, -0.2) is 5.43 Å². The zero-order valence-corrected chi connectivity index (χ0v) is 20.1. The molecule has 1 aromatic carbocycles. The molecular weight excluding hydrogens is 412 g/mol. The molecule has 5 rings (SSSR count). The largest absolute Gasteiger partial charge is 0.393 e. The molecule has 0 unspecified atom stereocenters. The molecule has 0 amide bonds. The summed E-state index contributed by atoms with van der Waals surface area (Å²) in [4.78, 5) is 0. The molecule has 0 radical (unpaired) electrons. The van der Waals surface area contributed by atoms with Crippen molar-refractivity contribution in [1.29, 1.82) is 5.41 Å². The van der Waals surface area contributed by atoms with Crippen molar-refractivity contribution in [2.24, 2.45) is 39.6 Å². The van der Waals surface area contributed by atoms with Gasteiger partial charge in [0.1, 0.15) is 0 Å². The summed E-state index contributed by atoms with van der Waals surface area (Å²) in [5.74, 6) is 1.85. The number of hydrogen-bond donors (Lipinski definition) is 5. The maximum Gasteiger partial charge on any atom is 0.213 e. The molecule has 4 saturated carbocycles. The number of para-hydroxylation sites is 1. The first-order chi connectivity index (χ1) is 15.8. The van der Waals surface area contributed by atoms with Gasteiger partial charge in [0.25, 0.3) is 0 Å². The number of hydrogen-bond acceptors (Lipinski definition) is 4. The highest BCUT2D eigenvalue weighted by Crippen LogP contribution is 2.68. The molecule has 6 nitrogen and oxygen atoms in total. The second-order valence-corrected chi connectivity index (χ2v) is 11.7. The van der Waals surface area contributed by atoms with E-state index >= 15 is 0 Å². The van der Waals surface area contributed by atoms with Gasteiger partial charge in [0.15, 0.2) is 0 Å². The number of nitrogens with one attached hydrogen (secondary N) is 3. The van der Waals surface area contributed by atoms with Crippen molar-refractivity contribution < 1.29 is 10.2 Å². The summed E-state index contributed by atoms with van der Waals surface area (Å²) in [5.41, 5.74) is 3.11. The van der Waals surface area contributed by atoms with E-state index in [1.165, 1.54) is 0 Å². The second-order valence-electron chi connectivity index (χ2n) is 11.7. The Kier molecular flexibility index (Phi) is 5.81. The smallest absolute Gasteiger partial charge is 0.213 e. The topological polar surface area (TPSA) is 101 Å². The summed E-state index contributed by atoms with van der Waals surface area (Å²) in [6.07, 6.45) is 10.9. The molecule has 6 heteroatoms. The minimum absolute atomic E-state index is 0.133. The molecule has 5 N–H and O–H groups in total. The molecule has 0 bridgehead atoms. The number of guanidine groups is 1. The predicted octanol–water partition coefficient (Wildman–Crippen LogP) is 4.74. The maximum atomic E-state index is 12.2. The normalized spacial score (nSPS) is 44.5. The van der Waals surface area contributed by atoms with Gasteiger partial charge >= 0.3 is 0 Å². The third-order valence-electron chi connectivity index (χ3n) is 10.4. The molecule has 4 fully saturated rings. The molecule has 33 heavy (non-hydrogen) atoms. The standard InChI is InChI=1S/C27H40N4O2/c1-25-13-11-21(32)16-18(25)8-9-23-22(25)12-14-26(2)19(10-15-27(23,26)33)17-29-31-24(28)30-20-6-4-3-5-7-20/h3-7,17-19,21-23,32-33H,8-16H2,1-2H3,(H3,28,30,31)/b29-17+/t18-,19-,21+,22+,23-,25+,26-,27+/m1/s1. The van der Waals surface area contributed by atoms with Crippen LogP contribution in [0.5, 0.6) is 0 Å². The minimum Gasteiger partial charge on any atom is -0.393 e. The number of benzene rings is 1. The fourth-order valence-corrected chi connectivity index (χ4v) is 8.37. The Hall–Kier alpha value is -1.92. The molecule has 0 spiro atoms. The molecule has 8 atom stereocenters. The molecule has 0 saturated heterocycles. The number of anilines is 1. The number of nitrogens with zero attached hydrogens (tertiary/aromatic N) is 1. The van der Waals surface area contributed by atoms with Crippen molar-refractivity contribution in [2.75, 3.05) is 5.32 Å². The Balaban J connectivity index is 1.27. The summed E-state index contributed by atoms with van der Waals surface area (Å²) >= 11 is 0. The van der Waals surface area contributed by atoms with Crippen LogP contribution in [0.1, 0.15) is 71.6 Å². The lowest BCUT2D eigenvalue weighted by atomic mass is 9.43. The van der Waals surface area contributed by atoms with E-state index in [-0.39, 0.29) is 28.8 Å². The van der Waals surface area contributed by atoms with E-state index in [9.17, 15) is 10.2 Å². The Labute approximate surface area is 197 Å². The first-order valence-corrected chi connectivity index (χ1v) is 12.9. The van der Waals surface area contributed by atoms with Gasteiger partial charge in [-0.15, -0.1) is 0 Å². The third kappa shape index (κ3) is 3.70. The number of aliphatic hydroxyl groups is 2. The lowest BCUT2D eigenvalue weighted by Gasteiger charge is -2.63.